The fourth-order valence-electron chi connectivity index (χ4n) is 2.19. The number of esters is 2. The first-order valence-corrected chi connectivity index (χ1v) is 6.97. The van der Waals surface area contributed by atoms with Crippen molar-refractivity contribution in [1.82, 2.24) is 0 Å². The summed E-state index contributed by atoms with van der Waals surface area (Å²) in [4.78, 5) is 22.6. The minimum absolute atomic E-state index is 0.321. The van der Waals surface area contributed by atoms with Crippen molar-refractivity contribution in [2.24, 2.45) is 0 Å². The topological polar surface area (TPSA) is 61.8 Å². The smallest absolute Gasteiger partial charge is 0.330 e. The fraction of sp³-hybridized carbons (Fsp3) is 0.412. The van der Waals surface area contributed by atoms with Crippen LogP contribution in [0.4, 0.5) is 0 Å². The predicted octanol–water partition coefficient (Wildman–Crippen LogP) is 2.77. The molecule has 0 aliphatic heterocycles. The number of carbonyl (C=O) groups is 2. The highest BCUT2D eigenvalue weighted by atomic mass is 16.5. The van der Waals surface area contributed by atoms with Crippen LogP contribution in [-0.2, 0) is 19.1 Å². The Morgan fingerprint density at radius 1 is 1.23 bits per heavy atom. The van der Waals surface area contributed by atoms with Crippen molar-refractivity contribution in [1.29, 1.82) is 0 Å². The Balaban J connectivity index is 3.21. The van der Waals surface area contributed by atoms with Gasteiger partial charge in [0.15, 0.2) is 0 Å². The molecule has 1 rings (SSSR count). The Kier molecular flexibility index (Phi) is 6.63. The minimum Gasteiger partial charge on any atom is -0.496 e. The highest BCUT2D eigenvalue weighted by Crippen LogP contribution is 2.32. The molecule has 1 aromatic rings. The van der Waals surface area contributed by atoms with E-state index in [-0.39, 0.29) is 11.9 Å². The second kappa shape index (κ2) is 8.22. The van der Waals surface area contributed by atoms with Crippen molar-refractivity contribution in [2.45, 2.75) is 32.8 Å². The molecule has 0 heterocycles. The van der Waals surface area contributed by atoms with Crippen molar-refractivity contribution >= 4 is 11.9 Å². The van der Waals surface area contributed by atoms with Crippen LogP contribution in [0.1, 0.15) is 30.9 Å². The summed E-state index contributed by atoms with van der Waals surface area (Å²) in [6.45, 7) is 5.08. The first kappa shape index (κ1) is 17.8. The van der Waals surface area contributed by atoms with Crippen LogP contribution in [-0.4, -0.2) is 32.3 Å². The van der Waals surface area contributed by atoms with E-state index >= 15 is 0 Å². The molecule has 0 spiro atoms. The average molecular weight is 306 g/mol. The number of rotatable bonds is 6. The summed E-state index contributed by atoms with van der Waals surface area (Å²) >= 11 is 0. The molecule has 5 heteroatoms. The van der Waals surface area contributed by atoms with E-state index in [1.807, 2.05) is 25.1 Å². The number of methoxy groups -OCH3 is 2. The number of aryl methyl sites for hydroxylation is 1. The first-order chi connectivity index (χ1) is 10.4. The zero-order valence-electron chi connectivity index (χ0n) is 13.6. The summed E-state index contributed by atoms with van der Waals surface area (Å²) in [5, 5.41) is 0. The van der Waals surface area contributed by atoms with Gasteiger partial charge in [0.2, 0.25) is 0 Å². The lowest BCUT2D eigenvalue weighted by atomic mass is 9.92. The molecule has 0 amide bonds. The van der Waals surface area contributed by atoms with E-state index in [2.05, 4.69) is 4.74 Å². The van der Waals surface area contributed by atoms with E-state index in [0.717, 1.165) is 11.1 Å². The van der Waals surface area contributed by atoms with E-state index in [0.29, 0.717) is 5.75 Å². The molecule has 22 heavy (non-hydrogen) atoms. The Morgan fingerprint density at radius 2 is 1.91 bits per heavy atom. The van der Waals surface area contributed by atoms with Gasteiger partial charge in [0.05, 0.1) is 14.2 Å². The van der Waals surface area contributed by atoms with Crippen molar-refractivity contribution in [3.05, 3.63) is 41.5 Å². The zero-order chi connectivity index (χ0) is 16.7. The molecule has 0 fully saturated rings. The van der Waals surface area contributed by atoms with Gasteiger partial charge in [-0.3, -0.25) is 4.79 Å². The minimum atomic E-state index is -0.467. The molecule has 0 aromatic heterocycles. The molecule has 0 saturated carbocycles. The maximum Gasteiger partial charge on any atom is 0.330 e. The van der Waals surface area contributed by atoms with Crippen molar-refractivity contribution in [3.63, 3.8) is 0 Å². The lowest BCUT2D eigenvalue weighted by Crippen LogP contribution is -2.21. The summed E-state index contributed by atoms with van der Waals surface area (Å²) in [5.74, 6) is -0.488. The third-order valence-electron chi connectivity index (χ3n) is 3.25. The first-order valence-electron chi connectivity index (χ1n) is 6.97. The summed E-state index contributed by atoms with van der Waals surface area (Å²) in [6, 6.07) is 5.74. The molecular formula is C17H22O5. The molecule has 0 aliphatic rings. The molecule has 0 N–H and O–H groups in total. The number of benzene rings is 1. The summed E-state index contributed by atoms with van der Waals surface area (Å²) in [7, 11) is 2.89. The Labute approximate surface area is 130 Å². The zero-order valence-corrected chi connectivity index (χ0v) is 13.6. The number of carbonyl (C=O) groups excluding carboxylic acids is 2. The fourth-order valence-corrected chi connectivity index (χ4v) is 2.19. The van der Waals surface area contributed by atoms with Crippen molar-refractivity contribution < 1.29 is 23.8 Å². The monoisotopic (exact) mass is 306 g/mol. The van der Waals surface area contributed by atoms with Gasteiger partial charge < -0.3 is 14.2 Å². The lowest BCUT2D eigenvalue weighted by Gasteiger charge is -2.23. The van der Waals surface area contributed by atoms with Crippen LogP contribution in [0.3, 0.4) is 0 Å². The van der Waals surface area contributed by atoms with E-state index < -0.39 is 12.1 Å². The number of hydrogen-bond acceptors (Lipinski definition) is 5. The molecule has 0 bridgehead atoms. The van der Waals surface area contributed by atoms with Gasteiger partial charge in [0.25, 0.3) is 0 Å². The van der Waals surface area contributed by atoms with Gasteiger partial charge in [-0.05, 0) is 25.5 Å². The van der Waals surface area contributed by atoms with E-state index in [1.165, 1.54) is 20.1 Å². The molecule has 0 unspecified atom stereocenters. The molecule has 120 valence electrons. The normalized spacial score (nSPS) is 13.5. The van der Waals surface area contributed by atoms with Crippen LogP contribution in [0.25, 0.3) is 0 Å². The second-order valence-corrected chi connectivity index (χ2v) is 4.97. The van der Waals surface area contributed by atoms with Gasteiger partial charge in [0, 0.05) is 24.5 Å². The van der Waals surface area contributed by atoms with E-state index in [9.17, 15) is 9.59 Å². The van der Waals surface area contributed by atoms with Crippen LogP contribution in [0.15, 0.2) is 30.4 Å². The van der Waals surface area contributed by atoms with Crippen LogP contribution < -0.4 is 4.74 Å². The van der Waals surface area contributed by atoms with Crippen molar-refractivity contribution in [3.8, 4) is 5.75 Å². The largest absolute Gasteiger partial charge is 0.496 e. The molecule has 0 aliphatic carbocycles. The molecule has 1 aromatic carbocycles. The summed E-state index contributed by atoms with van der Waals surface area (Å²) in [5.41, 5.74) is 1.89. The molecule has 5 nitrogen and oxygen atoms in total. The third kappa shape index (κ3) is 4.91. The molecule has 2 atom stereocenters. The van der Waals surface area contributed by atoms with Gasteiger partial charge >= 0.3 is 11.9 Å². The average Bonchev–Trinajstić information content (AvgIpc) is 2.47. The van der Waals surface area contributed by atoms with Crippen molar-refractivity contribution in [2.75, 3.05) is 14.2 Å². The summed E-state index contributed by atoms with van der Waals surface area (Å²) < 4.78 is 15.3. The Bertz CT molecular complexity index is 562. The van der Waals surface area contributed by atoms with Crippen LogP contribution in [0.2, 0.25) is 0 Å². The van der Waals surface area contributed by atoms with Gasteiger partial charge in [-0.2, -0.15) is 0 Å². The summed E-state index contributed by atoms with van der Waals surface area (Å²) in [6.07, 6.45) is 2.53. The van der Waals surface area contributed by atoms with E-state index in [4.69, 9.17) is 9.47 Å². The highest BCUT2D eigenvalue weighted by Gasteiger charge is 2.23. The Hall–Kier alpha value is -2.30. The molecule has 0 saturated heterocycles. The van der Waals surface area contributed by atoms with Crippen LogP contribution in [0.5, 0.6) is 5.75 Å². The predicted molar refractivity (Wildman–Crippen MR) is 82.9 cm³/mol. The number of ether oxygens (including phenoxy) is 3. The third-order valence-corrected chi connectivity index (χ3v) is 3.25. The Morgan fingerprint density at radius 3 is 2.45 bits per heavy atom. The second-order valence-electron chi connectivity index (χ2n) is 4.97. The maximum atomic E-state index is 11.4. The standard InChI is InChI=1S/C17H22O5/c1-11-6-7-15(16(10-11)20-4)14(8-9-17(19)21-5)12(2)22-13(3)18/h6-10,12,14H,1-5H3/b9-8+/t12-,14+/m1/s1. The SMILES string of the molecule is COC(=O)/C=C/[C@H](c1ccc(C)cc1OC)[C@@H](C)OC(C)=O. The number of hydrogen-bond donors (Lipinski definition) is 0. The van der Waals surface area contributed by atoms with Gasteiger partial charge in [-0.25, -0.2) is 4.79 Å². The quantitative estimate of drug-likeness (QED) is 0.597. The van der Waals surface area contributed by atoms with Gasteiger partial charge in [-0.15, -0.1) is 0 Å². The lowest BCUT2D eigenvalue weighted by molar-refractivity contribution is -0.146. The van der Waals surface area contributed by atoms with Crippen LogP contribution in [0, 0.1) is 6.92 Å². The molecular weight excluding hydrogens is 284 g/mol. The van der Waals surface area contributed by atoms with E-state index in [1.54, 1.807) is 20.1 Å². The maximum absolute atomic E-state index is 11.4. The highest BCUT2D eigenvalue weighted by molar-refractivity contribution is 5.82. The van der Waals surface area contributed by atoms with Crippen LogP contribution >= 0.6 is 0 Å². The molecule has 0 radical (unpaired) electrons. The van der Waals surface area contributed by atoms with Gasteiger partial charge in [0.1, 0.15) is 11.9 Å². The van der Waals surface area contributed by atoms with Gasteiger partial charge in [-0.1, -0.05) is 18.2 Å².